The minimum atomic E-state index is -1.55. The van der Waals surface area contributed by atoms with Crippen molar-refractivity contribution >= 4 is 10.8 Å². The average molecular weight is 281 g/mol. The highest BCUT2D eigenvalue weighted by Crippen LogP contribution is 2.17. The van der Waals surface area contributed by atoms with Crippen LogP contribution in [0.4, 0.5) is 8.78 Å². The molecule has 0 radical (unpaired) electrons. The molecule has 0 aliphatic rings. The number of hydrogen-bond acceptors (Lipinski definition) is 2. The topological polar surface area (TPSA) is 43.1 Å². The first-order valence-corrected chi connectivity index (χ1v) is 7.03. The summed E-state index contributed by atoms with van der Waals surface area (Å²) in [6.45, 7) is 0.205. The van der Waals surface area contributed by atoms with Gasteiger partial charge in [-0.1, -0.05) is 18.2 Å². The van der Waals surface area contributed by atoms with Crippen molar-refractivity contribution in [2.75, 3.05) is 0 Å². The van der Waals surface area contributed by atoms with Crippen molar-refractivity contribution in [3.63, 3.8) is 0 Å². The second-order valence-electron chi connectivity index (χ2n) is 4.09. The van der Waals surface area contributed by atoms with Crippen LogP contribution >= 0.6 is 0 Å². The second kappa shape index (κ2) is 6.04. The normalized spacial score (nSPS) is 12.4. The smallest absolute Gasteiger partial charge is 0.139 e. The van der Waals surface area contributed by atoms with Crippen molar-refractivity contribution in [1.82, 2.24) is 0 Å². The van der Waals surface area contributed by atoms with Crippen LogP contribution in [-0.2, 0) is 23.1 Å². The summed E-state index contributed by atoms with van der Waals surface area (Å²) in [6.07, 6.45) is 0. The predicted molar refractivity (Wildman–Crippen MR) is 70.8 cm³/mol. The highest BCUT2D eigenvalue weighted by Gasteiger charge is 2.11. The SMILES string of the molecule is NCc1cc(F)cc(CS(=O)c2ccccc2F)c1. The summed E-state index contributed by atoms with van der Waals surface area (Å²) in [5, 5.41) is 0. The van der Waals surface area contributed by atoms with Gasteiger partial charge < -0.3 is 5.73 Å². The zero-order valence-electron chi connectivity index (χ0n) is 10.1. The van der Waals surface area contributed by atoms with E-state index in [1.165, 1.54) is 30.3 Å². The van der Waals surface area contributed by atoms with Crippen LogP contribution in [0.1, 0.15) is 11.1 Å². The Morgan fingerprint density at radius 1 is 1.05 bits per heavy atom. The Morgan fingerprint density at radius 2 is 1.74 bits per heavy atom. The Labute approximate surface area is 112 Å². The minimum absolute atomic E-state index is 0.0612. The Balaban J connectivity index is 2.24. The Kier molecular flexibility index (Phi) is 4.39. The summed E-state index contributed by atoms with van der Waals surface area (Å²) in [5.74, 6) is -0.883. The Morgan fingerprint density at radius 3 is 2.42 bits per heavy atom. The molecule has 2 N–H and O–H groups in total. The van der Waals surface area contributed by atoms with E-state index in [0.717, 1.165) is 0 Å². The molecule has 1 atom stereocenters. The van der Waals surface area contributed by atoms with Gasteiger partial charge in [-0.25, -0.2) is 8.78 Å². The summed E-state index contributed by atoms with van der Waals surface area (Å²) < 4.78 is 38.9. The molecule has 0 aliphatic carbocycles. The van der Waals surface area contributed by atoms with Crippen LogP contribution < -0.4 is 5.73 Å². The summed E-state index contributed by atoms with van der Waals surface area (Å²) in [5.41, 5.74) is 6.62. The van der Waals surface area contributed by atoms with Gasteiger partial charge in [0.05, 0.1) is 21.4 Å². The number of rotatable bonds is 4. The van der Waals surface area contributed by atoms with Crippen LogP contribution in [-0.4, -0.2) is 4.21 Å². The molecule has 1 unspecified atom stereocenters. The zero-order valence-corrected chi connectivity index (χ0v) is 10.9. The highest BCUT2D eigenvalue weighted by molar-refractivity contribution is 7.84. The standard InChI is InChI=1S/C14H13F2NOS/c15-12-6-10(8-17)5-11(7-12)9-19(18)14-4-2-1-3-13(14)16/h1-7H,8-9,17H2. The lowest BCUT2D eigenvalue weighted by Gasteiger charge is -2.06. The predicted octanol–water partition coefficient (Wildman–Crippen LogP) is 2.73. The van der Waals surface area contributed by atoms with Crippen molar-refractivity contribution in [1.29, 1.82) is 0 Å². The maximum absolute atomic E-state index is 13.5. The van der Waals surface area contributed by atoms with E-state index < -0.39 is 22.4 Å². The Hall–Kier alpha value is -1.59. The van der Waals surface area contributed by atoms with Crippen LogP contribution in [0.3, 0.4) is 0 Å². The molecule has 0 bridgehead atoms. The van der Waals surface area contributed by atoms with Crippen LogP contribution in [0.25, 0.3) is 0 Å². The van der Waals surface area contributed by atoms with E-state index in [0.29, 0.717) is 11.1 Å². The lowest BCUT2D eigenvalue weighted by atomic mass is 10.1. The van der Waals surface area contributed by atoms with Crippen molar-refractivity contribution in [3.8, 4) is 0 Å². The molecule has 2 aromatic carbocycles. The van der Waals surface area contributed by atoms with E-state index in [4.69, 9.17) is 5.73 Å². The Bertz CT molecular complexity index is 616. The molecule has 0 spiro atoms. The number of nitrogens with two attached hydrogens (primary N) is 1. The molecule has 0 amide bonds. The largest absolute Gasteiger partial charge is 0.326 e. The first-order chi connectivity index (χ1) is 9.10. The summed E-state index contributed by atoms with van der Waals surface area (Å²) in [7, 11) is -1.55. The third-order valence-corrected chi connectivity index (χ3v) is 4.05. The molecule has 0 saturated carbocycles. The number of benzene rings is 2. The van der Waals surface area contributed by atoms with Gasteiger partial charge >= 0.3 is 0 Å². The lowest BCUT2D eigenvalue weighted by molar-refractivity contribution is 0.595. The van der Waals surface area contributed by atoms with Crippen LogP contribution in [0.15, 0.2) is 47.4 Å². The van der Waals surface area contributed by atoms with Gasteiger partial charge in [0.25, 0.3) is 0 Å². The second-order valence-corrected chi connectivity index (χ2v) is 5.51. The first kappa shape index (κ1) is 13.8. The van der Waals surface area contributed by atoms with E-state index in [9.17, 15) is 13.0 Å². The molecule has 19 heavy (non-hydrogen) atoms. The van der Waals surface area contributed by atoms with Gasteiger partial charge in [-0.2, -0.15) is 0 Å². The van der Waals surface area contributed by atoms with E-state index in [1.807, 2.05) is 0 Å². The monoisotopic (exact) mass is 281 g/mol. The minimum Gasteiger partial charge on any atom is -0.326 e. The number of hydrogen-bond donors (Lipinski definition) is 1. The summed E-state index contributed by atoms with van der Waals surface area (Å²) in [6, 6.07) is 10.2. The van der Waals surface area contributed by atoms with Gasteiger partial charge in [-0.05, 0) is 35.4 Å². The first-order valence-electron chi connectivity index (χ1n) is 5.71. The summed E-state index contributed by atoms with van der Waals surface area (Å²) in [4.78, 5) is 0.126. The van der Waals surface area contributed by atoms with Gasteiger partial charge in [0.15, 0.2) is 0 Å². The van der Waals surface area contributed by atoms with Gasteiger partial charge in [-0.3, -0.25) is 4.21 Å². The molecule has 2 nitrogen and oxygen atoms in total. The van der Waals surface area contributed by atoms with Crippen molar-refractivity contribution in [2.24, 2.45) is 5.73 Å². The van der Waals surface area contributed by atoms with E-state index in [-0.39, 0.29) is 17.2 Å². The molecule has 0 aromatic heterocycles. The van der Waals surface area contributed by atoms with E-state index in [2.05, 4.69) is 0 Å². The third kappa shape index (κ3) is 3.45. The third-order valence-electron chi connectivity index (χ3n) is 2.63. The van der Waals surface area contributed by atoms with Crippen LogP contribution in [0.5, 0.6) is 0 Å². The molecule has 2 aromatic rings. The van der Waals surface area contributed by atoms with Gasteiger partial charge in [0.1, 0.15) is 11.6 Å². The van der Waals surface area contributed by atoms with Gasteiger partial charge in [-0.15, -0.1) is 0 Å². The maximum Gasteiger partial charge on any atom is 0.139 e. The van der Waals surface area contributed by atoms with Gasteiger partial charge in [0.2, 0.25) is 0 Å². The molecular weight excluding hydrogens is 268 g/mol. The molecule has 0 saturated heterocycles. The van der Waals surface area contributed by atoms with Crippen LogP contribution in [0, 0.1) is 11.6 Å². The number of halogens is 2. The average Bonchev–Trinajstić information content (AvgIpc) is 2.38. The molecule has 0 fully saturated rings. The van der Waals surface area contributed by atoms with Crippen molar-refractivity contribution < 1.29 is 13.0 Å². The zero-order chi connectivity index (χ0) is 13.8. The van der Waals surface area contributed by atoms with Crippen molar-refractivity contribution in [2.45, 2.75) is 17.2 Å². The lowest BCUT2D eigenvalue weighted by Crippen LogP contribution is -2.02. The molecule has 2 rings (SSSR count). The van der Waals surface area contributed by atoms with E-state index >= 15 is 0 Å². The summed E-state index contributed by atoms with van der Waals surface area (Å²) >= 11 is 0. The van der Waals surface area contributed by atoms with Crippen molar-refractivity contribution in [3.05, 3.63) is 65.2 Å². The molecule has 0 aliphatic heterocycles. The van der Waals surface area contributed by atoms with E-state index in [1.54, 1.807) is 12.1 Å². The fraction of sp³-hybridized carbons (Fsp3) is 0.143. The quantitative estimate of drug-likeness (QED) is 0.936. The fourth-order valence-corrected chi connectivity index (χ4v) is 2.92. The molecule has 0 heterocycles. The van der Waals surface area contributed by atoms with Crippen LogP contribution in [0.2, 0.25) is 0 Å². The molecular formula is C14H13F2NOS. The molecule has 5 heteroatoms. The molecule has 100 valence electrons. The highest BCUT2D eigenvalue weighted by atomic mass is 32.2. The maximum atomic E-state index is 13.5. The van der Waals surface area contributed by atoms with Gasteiger partial charge in [0, 0.05) is 6.54 Å². The fourth-order valence-electron chi connectivity index (χ4n) is 1.78.